The van der Waals surface area contributed by atoms with Crippen LogP contribution in [0.1, 0.15) is 13.8 Å². The van der Waals surface area contributed by atoms with Crippen molar-refractivity contribution in [1.29, 1.82) is 0 Å². The van der Waals surface area contributed by atoms with Crippen LogP contribution in [-0.2, 0) is 0 Å². The van der Waals surface area contributed by atoms with Gasteiger partial charge in [0, 0.05) is 46.3 Å². The first-order valence-electron chi connectivity index (χ1n) is 6.99. The Morgan fingerprint density at radius 1 is 1.06 bits per heavy atom. The highest BCUT2D eigenvalue weighted by molar-refractivity contribution is 5.74. The van der Waals surface area contributed by atoms with E-state index in [1.165, 1.54) is 0 Å². The summed E-state index contributed by atoms with van der Waals surface area (Å²) in [6.45, 7) is 11.9. The van der Waals surface area contributed by atoms with Crippen molar-refractivity contribution >= 4 is 6.03 Å². The molecule has 1 aliphatic heterocycles. The lowest BCUT2D eigenvalue weighted by molar-refractivity contribution is 0.125. The Morgan fingerprint density at radius 2 is 1.61 bits per heavy atom. The summed E-state index contributed by atoms with van der Waals surface area (Å²) in [7, 11) is 4.01. The van der Waals surface area contributed by atoms with E-state index < -0.39 is 0 Å². The second-order valence-corrected chi connectivity index (χ2v) is 5.02. The first kappa shape index (κ1) is 15.2. The molecule has 0 bridgehead atoms. The number of hydrogen-bond acceptors (Lipinski definition) is 3. The van der Waals surface area contributed by atoms with Gasteiger partial charge in [-0.05, 0) is 20.1 Å². The van der Waals surface area contributed by atoms with E-state index in [9.17, 15) is 4.79 Å². The molecule has 1 fully saturated rings. The summed E-state index contributed by atoms with van der Waals surface area (Å²) in [5.74, 6) is 0. The molecule has 0 atom stereocenters. The molecule has 0 aromatic rings. The average Bonchev–Trinajstić information content (AvgIpc) is 2.39. The zero-order valence-corrected chi connectivity index (χ0v) is 12.4. The molecule has 0 aromatic carbocycles. The molecule has 106 valence electrons. The molecule has 1 heterocycles. The van der Waals surface area contributed by atoms with Crippen LogP contribution in [0.4, 0.5) is 4.79 Å². The third-order valence-corrected chi connectivity index (χ3v) is 3.75. The normalized spacial score (nSPS) is 17.3. The maximum atomic E-state index is 12.2. The Morgan fingerprint density at radius 3 is 2.11 bits per heavy atom. The van der Waals surface area contributed by atoms with E-state index in [1.807, 2.05) is 16.8 Å². The molecule has 5 heteroatoms. The summed E-state index contributed by atoms with van der Waals surface area (Å²) >= 11 is 0. The van der Waals surface area contributed by atoms with Crippen LogP contribution in [-0.4, -0.2) is 92.1 Å². The summed E-state index contributed by atoms with van der Waals surface area (Å²) in [5.41, 5.74) is 0. The number of carbonyl (C=O) groups is 1. The molecule has 0 aromatic heterocycles. The number of urea groups is 1. The fourth-order valence-electron chi connectivity index (χ4n) is 2.17. The number of rotatable bonds is 5. The molecule has 1 aliphatic rings. The van der Waals surface area contributed by atoms with E-state index in [0.717, 1.165) is 52.4 Å². The second-order valence-electron chi connectivity index (χ2n) is 5.02. The molecule has 1 rings (SSSR count). The summed E-state index contributed by atoms with van der Waals surface area (Å²) in [6.07, 6.45) is 0. The smallest absolute Gasteiger partial charge is 0.319 e. The third-order valence-electron chi connectivity index (χ3n) is 3.75. The quantitative estimate of drug-likeness (QED) is 0.722. The van der Waals surface area contributed by atoms with Gasteiger partial charge in [0.15, 0.2) is 0 Å². The first-order valence-corrected chi connectivity index (χ1v) is 6.99. The van der Waals surface area contributed by atoms with Gasteiger partial charge in [0.25, 0.3) is 0 Å². The molecule has 0 spiro atoms. The molecule has 18 heavy (non-hydrogen) atoms. The van der Waals surface area contributed by atoms with E-state index in [0.29, 0.717) is 0 Å². The second kappa shape index (κ2) is 7.59. The largest absolute Gasteiger partial charge is 0.326 e. The molecular formula is C13H28N4O. The Balaban J connectivity index is 2.32. The third kappa shape index (κ3) is 4.46. The highest BCUT2D eigenvalue weighted by atomic mass is 16.2. The van der Waals surface area contributed by atoms with Crippen LogP contribution >= 0.6 is 0 Å². The molecule has 1 saturated heterocycles. The van der Waals surface area contributed by atoms with Gasteiger partial charge in [-0.1, -0.05) is 13.8 Å². The number of amides is 2. The molecule has 0 aliphatic carbocycles. The number of hydrogen-bond donors (Lipinski definition) is 0. The maximum Gasteiger partial charge on any atom is 0.319 e. The van der Waals surface area contributed by atoms with Crippen LogP contribution in [0.2, 0.25) is 0 Å². The summed E-state index contributed by atoms with van der Waals surface area (Å²) in [6, 6.07) is 0.176. The summed E-state index contributed by atoms with van der Waals surface area (Å²) in [5, 5.41) is 0. The van der Waals surface area contributed by atoms with Crippen LogP contribution in [0, 0.1) is 0 Å². The van der Waals surface area contributed by atoms with Crippen molar-refractivity contribution in [2.45, 2.75) is 13.8 Å². The summed E-state index contributed by atoms with van der Waals surface area (Å²) in [4.78, 5) is 20.6. The zero-order valence-electron chi connectivity index (χ0n) is 12.4. The van der Waals surface area contributed by atoms with Gasteiger partial charge < -0.3 is 19.6 Å². The lowest BCUT2D eigenvalue weighted by atomic mass is 10.3. The Labute approximate surface area is 111 Å². The van der Waals surface area contributed by atoms with Gasteiger partial charge >= 0.3 is 6.03 Å². The summed E-state index contributed by atoms with van der Waals surface area (Å²) < 4.78 is 0. The van der Waals surface area contributed by atoms with E-state index in [2.05, 4.69) is 30.7 Å². The number of carbonyl (C=O) groups excluding carboxylic acids is 1. The number of likely N-dealkylation sites (N-methyl/N-ethyl adjacent to an activating group) is 3. The van der Waals surface area contributed by atoms with E-state index in [4.69, 9.17) is 0 Å². The zero-order chi connectivity index (χ0) is 13.5. The predicted molar refractivity (Wildman–Crippen MR) is 74.9 cm³/mol. The van der Waals surface area contributed by atoms with Crippen LogP contribution < -0.4 is 0 Å². The van der Waals surface area contributed by atoms with Crippen LogP contribution in [0.15, 0.2) is 0 Å². The van der Waals surface area contributed by atoms with Gasteiger partial charge in [0.2, 0.25) is 0 Å². The van der Waals surface area contributed by atoms with Crippen LogP contribution in [0.5, 0.6) is 0 Å². The monoisotopic (exact) mass is 256 g/mol. The number of piperazine rings is 1. The lowest BCUT2D eigenvalue weighted by Crippen LogP contribution is -2.51. The van der Waals surface area contributed by atoms with Crippen molar-refractivity contribution in [3.8, 4) is 0 Å². The van der Waals surface area contributed by atoms with Crippen molar-refractivity contribution in [3.05, 3.63) is 0 Å². The fourth-order valence-corrected chi connectivity index (χ4v) is 2.17. The molecular weight excluding hydrogens is 228 g/mol. The fraction of sp³-hybridized carbons (Fsp3) is 0.923. The van der Waals surface area contributed by atoms with E-state index in [-0.39, 0.29) is 6.03 Å². The molecule has 0 saturated carbocycles. The van der Waals surface area contributed by atoms with Gasteiger partial charge in [-0.2, -0.15) is 0 Å². The van der Waals surface area contributed by atoms with Crippen molar-refractivity contribution in [1.82, 2.24) is 19.6 Å². The lowest BCUT2D eigenvalue weighted by Gasteiger charge is -2.35. The van der Waals surface area contributed by atoms with Crippen molar-refractivity contribution in [3.63, 3.8) is 0 Å². The van der Waals surface area contributed by atoms with Gasteiger partial charge in [-0.15, -0.1) is 0 Å². The molecule has 0 unspecified atom stereocenters. The van der Waals surface area contributed by atoms with Crippen LogP contribution in [0.3, 0.4) is 0 Å². The highest BCUT2D eigenvalue weighted by Gasteiger charge is 2.21. The minimum atomic E-state index is 0.176. The minimum Gasteiger partial charge on any atom is -0.326 e. The SMILES string of the molecule is CCN(CC)CCN(C)C(=O)N1CCN(C)CC1. The minimum absolute atomic E-state index is 0.176. The molecule has 0 radical (unpaired) electrons. The van der Waals surface area contributed by atoms with Crippen molar-refractivity contribution in [2.24, 2.45) is 0 Å². The molecule has 5 nitrogen and oxygen atoms in total. The first-order chi connectivity index (χ1) is 8.58. The van der Waals surface area contributed by atoms with Gasteiger partial charge in [-0.25, -0.2) is 4.79 Å². The van der Waals surface area contributed by atoms with Gasteiger partial charge in [0.1, 0.15) is 0 Å². The average molecular weight is 256 g/mol. The van der Waals surface area contributed by atoms with Gasteiger partial charge in [-0.3, -0.25) is 0 Å². The Bertz CT molecular complexity index is 247. The standard InChI is InChI=1S/C13H28N4O/c1-5-16(6-2)10-9-15(4)13(18)17-11-7-14(3)8-12-17/h5-12H2,1-4H3. The highest BCUT2D eigenvalue weighted by Crippen LogP contribution is 2.03. The van der Waals surface area contributed by atoms with Crippen LogP contribution in [0.25, 0.3) is 0 Å². The Hall–Kier alpha value is -0.810. The van der Waals surface area contributed by atoms with Crippen molar-refractivity contribution < 1.29 is 4.79 Å². The maximum absolute atomic E-state index is 12.2. The molecule has 0 N–H and O–H groups in total. The van der Waals surface area contributed by atoms with Gasteiger partial charge in [0.05, 0.1) is 0 Å². The number of nitrogens with zero attached hydrogens (tertiary/aromatic N) is 4. The molecule has 2 amide bonds. The van der Waals surface area contributed by atoms with E-state index >= 15 is 0 Å². The van der Waals surface area contributed by atoms with Crippen molar-refractivity contribution in [2.75, 3.05) is 66.5 Å². The Kier molecular flexibility index (Phi) is 6.43. The predicted octanol–water partition coefficient (Wildman–Crippen LogP) is 0.627. The van der Waals surface area contributed by atoms with E-state index in [1.54, 1.807) is 0 Å². The topological polar surface area (TPSA) is 30.0 Å².